The zero-order valence-electron chi connectivity index (χ0n) is 10.2. The van der Waals surface area contributed by atoms with Crippen LogP contribution in [0, 0.1) is 0 Å². The summed E-state index contributed by atoms with van der Waals surface area (Å²) in [6, 6.07) is 3.25. The number of pyridine rings is 1. The maximum atomic E-state index is 11.7. The van der Waals surface area contributed by atoms with Crippen molar-refractivity contribution in [2.75, 3.05) is 0 Å². The Labute approximate surface area is 118 Å². The van der Waals surface area contributed by atoms with Crippen LogP contribution < -0.4 is 5.56 Å². The van der Waals surface area contributed by atoms with Gasteiger partial charge in [0.15, 0.2) is 0 Å². The van der Waals surface area contributed by atoms with E-state index >= 15 is 0 Å². The molecule has 6 heteroatoms. The van der Waals surface area contributed by atoms with E-state index in [4.69, 9.17) is 11.6 Å². The van der Waals surface area contributed by atoms with Crippen LogP contribution in [0.4, 0.5) is 0 Å². The molecule has 18 heavy (non-hydrogen) atoms. The van der Waals surface area contributed by atoms with Crippen molar-refractivity contribution in [3.63, 3.8) is 0 Å². The first-order valence-electron chi connectivity index (χ1n) is 5.59. The Balaban J connectivity index is 2.43. The van der Waals surface area contributed by atoms with Crippen molar-refractivity contribution in [3.8, 4) is 0 Å². The van der Waals surface area contributed by atoms with Crippen LogP contribution in [0.1, 0.15) is 18.3 Å². The monoisotopic (exact) mass is 329 g/mol. The quantitative estimate of drug-likeness (QED) is 0.868. The Hall–Kier alpha value is -1.07. The predicted octanol–water partition coefficient (Wildman–Crippen LogP) is 2.61. The highest BCUT2D eigenvalue weighted by Gasteiger charge is 2.13. The average Bonchev–Trinajstić information content (AvgIpc) is 2.61. The van der Waals surface area contributed by atoms with E-state index in [1.165, 1.54) is 6.07 Å². The number of aromatic nitrogens is 3. The molecule has 0 bridgehead atoms. The minimum Gasteiger partial charge on any atom is -0.308 e. The number of hydrogen-bond acceptors (Lipinski definition) is 2. The second kappa shape index (κ2) is 5.28. The molecule has 2 heterocycles. The summed E-state index contributed by atoms with van der Waals surface area (Å²) in [5.41, 5.74) is 1.64. The molecule has 96 valence electrons. The van der Waals surface area contributed by atoms with Crippen molar-refractivity contribution >= 4 is 27.5 Å². The fourth-order valence-electron chi connectivity index (χ4n) is 1.78. The topological polar surface area (TPSA) is 39.8 Å². The summed E-state index contributed by atoms with van der Waals surface area (Å²) in [7, 11) is 1.84. The molecule has 0 aromatic carbocycles. The first-order valence-corrected chi connectivity index (χ1v) is 6.76. The van der Waals surface area contributed by atoms with Crippen LogP contribution in [-0.2, 0) is 20.0 Å². The molecule has 0 fully saturated rings. The molecule has 2 aromatic heterocycles. The lowest BCUT2D eigenvalue weighted by molar-refractivity contribution is 0.648. The van der Waals surface area contributed by atoms with Gasteiger partial charge in [0, 0.05) is 23.8 Å². The molecule has 2 rings (SSSR count). The van der Waals surface area contributed by atoms with E-state index in [1.807, 2.05) is 14.0 Å². The summed E-state index contributed by atoms with van der Waals surface area (Å²) >= 11 is 9.61. The van der Waals surface area contributed by atoms with Gasteiger partial charge >= 0.3 is 0 Å². The molecule has 0 atom stereocenters. The third kappa shape index (κ3) is 2.52. The maximum absolute atomic E-state index is 11.7. The van der Waals surface area contributed by atoms with Gasteiger partial charge in [-0.15, -0.1) is 0 Å². The fraction of sp³-hybridized carbons (Fsp3) is 0.333. The molecule has 0 radical (unpaired) electrons. The first-order chi connectivity index (χ1) is 8.52. The van der Waals surface area contributed by atoms with Gasteiger partial charge in [-0.3, -0.25) is 9.48 Å². The lowest BCUT2D eigenvalue weighted by Crippen LogP contribution is -2.20. The standard InChI is InChI=1S/C12H13BrClN3O/c1-3-9-12(14)10(16(2)15-9)7-17-6-8(13)4-5-11(17)18/h4-6H,3,7H2,1-2H3. The van der Waals surface area contributed by atoms with Gasteiger partial charge < -0.3 is 4.57 Å². The van der Waals surface area contributed by atoms with Gasteiger partial charge in [0.2, 0.25) is 0 Å². The predicted molar refractivity (Wildman–Crippen MR) is 75.1 cm³/mol. The molecule has 2 aromatic rings. The molecule has 0 aliphatic heterocycles. The molecular formula is C12H13BrClN3O. The van der Waals surface area contributed by atoms with E-state index in [1.54, 1.807) is 21.5 Å². The summed E-state index contributed by atoms with van der Waals surface area (Å²) in [6.07, 6.45) is 2.53. The minimum absolute atomic E-state index is 0.0616. The van der Waals surface area contributed by atoms with Crippen LogP contribution in [-0.4, -0.2) is 14.3 Å². The second-order valence-corrected chi connectivity index (χ2v) is 5.29. The first kappa shape index (κ1) is 13.4. The van der Waals surface area contributed by atoms with Crippen molar-refractivity contribution in [3.05, 3.63) is 49.6 Å². The summed E-state index contributed by atoms with van der Waals surface area (Å²) in [5, 5.41) is 4.98. The molecule has 0 aliphatic rings. The van der Waals surface area contributed by atoms with Gasteiger partial charge in [-0.2, -0.15) is 5.10 Å². The molecule has 0 spiro atoms. The Kier molecular flexibility index (Phi) is 3.92. The molecule has 0 N–H and O–H groups in total. The summed E-state index contributed by atoms with van der Waals surface area (Å²) in [6.45, 7) is 2.42. The van der Waals surface area contributed by atoms with Crippen LogP contribution in [0.25, 0.3) is 0 Å². The van der Waals surface area contributed by atoms with E-state index in [2.05, 4.69) is 21.0 Å². The van der Waals surface area contributed by atoms with Gasteiger partial charge in [0.25, 0.3) is 5.56 Å². The molecule has 0 saturated heterocycles. The third-order valence-electron chi connectivity index (χ3n) is 2.77. The lowest BCUT2D eigenvalue weighted by Gasteiger charge is -2.06. The van der Waals surface area contributed by atoms with E-state index in [-0.39, 0.29) is 5.56 Å². The molecule has 0 amide bonds. The van der Waals surface area contributed by atoms with Crippen LogP contribution in [0.3, 0.4) is 0 Å². The maximum Gasteiger partial charge on any atom is 0.250 e. The highest BCUT2D eigenvalue weighted by molar-refractivity contribution is 9.10. The summed E-state index contributed by atoms with van der Waals surface area (Å²) in [4.78, 5) is 11.7. The van der Waals surface area contributed by atoms with Gasteiger partial charge in [-0.25, -0.2) is 0 Å². The summed E-state index contributed by atoms with van der Waals surface area (Å²) in [5.74, 6) is 0. The Bertz CT molecular complexity index is 633. The zero-order valence-corrected chi connectivity index (χ0v) is 12.5. The fourth-order valence-corrected chi connectivity index (χ4v) is 2.51. The molecule has 4 nitrogen and oxygen atoms in total. The lowest BCUT2D eigenvalue weighted by atomic mass is 10.3. The minimum atomic E-state index is -0.0616. The zero-order chi connectivity index (χ0) is 13.3. The van der Waals surface area contributed by atoms with Crippen LogP contribution >= 0.6 is 27.5 Å². The highest BCUT2D eigenvalue weighted by atomic mass is 79.9. The highest BCUT2D eigenvalue weighted by Crippen LogP contribution is 2.21. The van der Waals surface area contributed by atoms with Crippen molar-refractivity contribution in [2.24, 2.45) is 7.05 Å². The molecule has 0 aliphatic carbocycles. The van der Waals surface area contributed by atoms with Crippen molar-refractivity contribution in [2.45, 2.75) is 19.9 Å². The smallest absolute Gasteiger partial charge is 0.250 e. The Morgan fingerprint density at radius 1 is 1.44 bits per heavy atom. The van der Waals surface area contributed by atoms with Gasteiger partial charge in [-0.05, 0) is 28.4 Å². The number of aryl methyl sites for hydroxylation is 2. The number of nitrogens with zero attached hydrogens (tertiary/aromatic N) is 3. The number of halogens is 2. The SMILES string of the molecule is CCc1nn(C)c(Cn2cc(Br)ccc2=O)c1Cl. The van der Waals surface area contributed by atoms with Crippen LogP contribution in [0.15, 0.2) is 27.6 Å². The normalized spacial score (nSPS) is 10.9. The van der Waals surface area contributed by atoms with E-state index in [0.29, 0.717) is 11.6 Å². The van der Waals surface area contributed by atoms with Gasteiger partial charge in [0.1, 0.15) is 0 Å². The third-order valence-corrected chi connectivity index (χ3v) is 3.68. The van der Waals surface area contributed by atoms with Crippen molar-refractivity contribution < 1.29 is 0 Å². The van der Waals surface area contributed by atoms with Crippen LogP contribution in [0.2, 0.25) is 5.02 Å². The van der Waals surface area contributed by atoms with E-state index in [0.717, 1.165) is 22.3 Å². The molecule has 0 unspecified atom stereocenters. The second-order valence-electron chi connectivity index (χ2n) is 4.00. The average molecular weight is 331 g/mol. The number of rotatable bonds is 3. The van der Waals surface area contributed by atoms with Crippen molar-refractivity contribution in [1.82, 2.24) is 14.3 Å². The Morgan fingerprint density at radius 3 is 2.78 bits per heavy atom. The number of hydrogen-bond donors (Lipinski definition) is 0. The Morgan fingerprint density at radius 2 is 2.17 bits per heavy atom. The van der Waals surface area contributed by atoms with Crippen LogP contribution in [0.5, 0.6) is 0 Å². The van der Waals surface area contributed by atoms with E-state index < -0.39 is 0 Å². The van der Waals surface area contributed by atoms with Gasteiger partial charge in [0.05, 0.1) is 23.0 Å². The van der Waals surface area contributed by atoms with E-state index in [9.17, 15) is 4.79 Å². The van der Waals surface area contributed by atoms with Gasteiger partial charge in [-0.1, -0.05) is 18.5 Å². The largest absolute Gasteiger partial charge is 0.308 e. The molecular weight excluding hydrogens is 318 g/mol. The van der Waals surface area contributed by atoms with Crippen molar-refractivity contribution in [1.29, 1.82) is 0 Å². The molecule has 0 saturated carbocycles. The summed E-state index contributed by atoms with van der Waals surface area (Å²) < 4.78 is 4.19.